The van der Waals surface area contributed by atoms with Crippen LogP contribution in [0.2, 0.25) is 0 Å². The quantitative estimate of drug-likeness (QED) is 0.592. The van der Waals surface area contributed by atoms with Crippen LogP contribution >= 0.6 is 0 Å². The Kier molecular flexibility index (Phi) is 5.61. The highest BCUT2D eigenvalue weighted by molar-refractivity contribution is 5.89. The molecule has 0 aromatic rings. The Balaban J connectivity index is 2.12. The van der Waals surface area contributed by atoms with Gasteiger partial charge >= 0.3 is 0 Å². The molecular formula is C12H21N3O3. The molecule has 0 spiro atoms. The maximum atomic E-state index is 11.6. The summed E-state index contributed by atoms with van der Waals surface area (Å²) in [6.07, 6.45) is 0.512. The lowest BCUT2D eigenvalue weighted by molar-refractivity contribution is -0.126. The third-order valence-electron chi connectivity index (χ3n) is 2.71. The molecule has 1 fully saturated rings. The van der Waals surface area contributed by atoms with Crippen molar-refractivity contribution in [2.45, 2.75) is 26.7 Å². The molecule has 0 saturated carbocycles. The second-order valence-electron chi connectivity index (χ2n) is 4.94. The summed E-state index contributed by atoms with van der Waals surface area (Å²) < 4.78 is 0. The highest BCUT2D eigenvalue weighted by atomic mass is 16.2. The molecule has 1 unspecified atom stereocenters. The van der Waals surface area contributed by atoms with E-state index < -0.39 is 0 Å². The van der Waals surface area contributed by atoms with Crippen LogP contribution in [0.15, 0.2) is 0 Å². The summed E-state index contributed by atoms with van der Waals surface area (Å²) in [5.74, 6) is -0.199. The van der Waals surface area contributed by atoms with Gasteiger partial charge in [-0.2, -0.15) is 0 Å². The van der Waals surface area contributed by atoms with Gasteiger partial charge in [-0.25, -0.2) is 0 Å². The summed E-state index contributed by atoms with van der Waals surface area (Å²) in [4.78, 5) is 33.9. The molecule has 0 aromatic heterocycles. The zero-order valence-electron chi connectivity index (χ0n) is 10.9. The molecule has 0 aliphatic carbocycles. The zero-order chi connectivity index (χ0) is 13.5. The molecule has 0 radical (unpaired) electrons. The Bertz CT molecular complexity index is 329. The van der Waals surface area contributed by atoms with E-state index in [1.165, 1.54) is 0 Å². The summed E-state index contributed by atoms with van der Waals surface area (Å²) >= 11 is 0. The number of carbonyl (C=O) groups excluding carboxylic acids is 3. The number of rotatable bonds is 6. The minimum absolute atomic E-state index is 0.0652. The fraction of sp³-hybridized carbons (Fsp3) is 0.750. The molecule has 1 atom stereocenters. The van der Waals surface area contributed by atoms with Gasteiger partial charge in [0.2, 0.25) is 17.7 Å². The smallest absolute Gasteiger partial charge is 0.225 e. The second-order valence-corrected chi connectivity index (χ2v) is 4.94. The van der Waals surface area contributed by atoms with Crippen LogP contribution in [0.4, 0.5) is 0 Å². The van der Waals surface area contributed by atoms with E-state index in [-0.39, 0.29) is 36.5 Å². The number of amides is 3. The van der Waals surface area contributed by atoms with Crippen LogP contribution in [-0.2, 0) is 14.4 Å². The average Bonchev–Trinajstić information content (AvgIpc) is 2.73. The molecule has 1 saturated heterocycles. The molecule has 1 aliphatic heterocycles. The van der Waals surface area contributed by atoms with Crippen LogP contribution in [0.5, 0.6) is 0 Å². The van der Waals surface area contributed by atoms with Crippen LogP contribution in [0.3, 0.4) is 0 Å². The monoisotopic (exact) mass is 255 g/mol. The zero-order valence-corrected chi connectivity index (χ0v) is 10.9. The molecule has 0 aromatic carbocycles. The van der Waals surface area contributed by atoms with E-state index in [0.717, 1.165) is 0 Å². The molecule has 6 nitrogen and oxygen atoms in total. The summed E-state index contributed by atoms with van der Waals surface area (Å²) in [5.41, 5.74) is 0. The van der Waals surface area contributed by atoms with E-state index >= 15 is 0 Å². The maximum Gasteiger partial charge on any atom is 0.225 e. The van der Waals surface area contributed by atoms with Crippen LogP contribution in [0.25, 0.3) is 0 Å². The number of carbonyl (C=O) groups is 3. The fourth-order valence-corrected chi connectivity index (χ4v) is 1.64. The Morgan fingerprint density at radius 1 is 1.39 bits per heavy atom. The molecule has 1 rings (SSSR count). The Hall–Kier alpha value is -1.59. The first kappa shape index (κ1) is 14.5. The predicted octanol–water partition coefficient (Wildman–Crippen LogP) is -0.599. The maximum absolute atomic E-state index is 11.6. The van der Waals surface area contributed by atoms with Gasteiger partial charge in [-0.1, -0.05) is 13.8 Å². The van der Waals surface area contributed by atoms with E-state index in [4.69, 9.17) is 0 Å². The van der Waals surface area contributed by atoms with Crippen molar-refractivity contribution in [2.24, 2.45) is 11.8 Å². The number of nitrogens with one attached hydrogen (secondary N) is 3. The molecule has 3 amide bonds. The topological polar surface area (TPSA) is 87.3 Å². The Morgan fingerprint density at radius 3 is 2.67 bits per heavy atom. The van der Waals surface area contributed by atoms with Crippen molar-refractivity contribution in [1.82, 2.24) is 16.0 Å². The van der Waals surface area contributed by atoms with Crippen LogP contribution < -0.4 is 16.0 Å². The first-order chi connectivity index (χ1) is 8.49. The van der Waals surface area contributed by atoms with Crippen molar-refractivity contribution in [1.29, 1.82) is 0 Å². The lowest BCUT2D eigenvalue weighted by Gasteiger charge is -2.10. The summed E-state index contributed by atoms with van der Waals surface area (Å²) in [6, 6.07) is 0. The molecular weight excluding hydrogens is 234 g/mol. The summed E-state index contributed by atoms with van der Waals surface area (Å²) in [7, 11) is 0. The van der Waals surface area contributed by atoms with Gasteiger partial charge in [0.1, 0.15) is 0 Å². The SMILES string of the molecule is CC(C)CNC(=O)CCNC(=O)C1CNC(=O)C1. The number of hydrogen-bond acceptors (Lipinski definition) is 3. The van der Waals surface area contributed by atoms with Crippen molar-refractivity contribution in [3.8, 4) is 0 Å². The third-order valence-corrected chi connectivity index (χ3v) is 2.71. The molecule has 102 valence electrons. The van der Waals surface area contributed by atoms with Crippen LogP contribution in [-0.4, -0.2) is 37.4 Å². The standard InChI is InChI=1S/C12H21N3O3/c1-8(2)6-14-10(16)3-4-13-12(18)9-5-11(17)15-7-9/h8-9H,3-7H2,1-2H3,(H,13,18)(H,14,16)(H,15,17). The third kappa shape index (κ3) is 5.16. The molecule has 1 heterocycles. The molecule has 6 heteroatoms. The summed E-state index contributed by atoms with van der Waals surface area (Å²) in [5, 5.41) is 8.05. The Labute approximate surface area is 107 Å². The van der Waals surface area contributed by atoms with Gasteiger partial charge in [-0.15, -0.1) is 0 Å². The first-order valence-electron chi connectivity index (χ1n) is 6.30. The summed E-state index contributed by atoms with van der Waals surface area (Å²) in [6.45, 7) is 5.39. The van der Waals surface area contributed by atoms with Crippen LogP contribution in [0, 0.1) is 11.8 Å². The van der Waals surface area contributed by atoms with Gasteiger partial charge < -0.3 is 16.0 Å². The largest absolute Gasteiger partial charge is 0.356 e. The average molecular weight is 255 g/mol. The van der Waals surface area contributed by atoms with Crippen molar-refractivity contribution in [2.75, 3.05) is 19.6 Å². The fourth-order valence-electron chi connectivity index (χ4n) is 1.64. The van der Waals surface area contributed by atoms with E-state index in [9.17, 15) is 14.4 Å². The second kappa shape index (κ2) is 6.98. The van der Waals surface area contributed by atoms with Crippen molar-refractivity contribution in [3.63, 3.8) is 0 Å². The lowest BCUT2D eigenvalue weighted by Crippen LogP contribution is -2.35. The molecule has 1 aliphatic rings. The van der Waals surface area contributed by atoms with Gasteiger partial charge in [-0.05, 0) is 5.92 Å². The van der Waals surface area contributed by atoms with E-state index in [0.29, 0.717) is 25.6 Å². The minimum Gasteiger partial charge on any atom is -0.356 e. The lowest BCUT2D eigenvalue weighted by atomic mass is 10.1. The molecule has 0 bridgehead atoms. The van der Waals surface area contributed by atoms with E-state index in [2.05, 4.69) is 16.0 Å². The predicted molar refractivity (Wildman–Crippen MR) is 66.6 cm³/mol. The normalized spacial score (nSPS) is 18.6. The van der Waals surface area contributed by atoms with Gasteiger partial charge in [0.15, 0.2) is 0 Å². The molecule has 18 heavy (non-hydrogen) atoms. The van der Waals surface area contributed by atoms with E-state index in [1.807, 2.05) is 13.8 Å². The van der Waals surface area contributed by atoms with Gasteiger partial charge in [0.05, 0.1) is 5.92 Å². The minimum atomic E-state index is -0.295. The van der Waals surface area contributed by atoms with Crippen LogP contribution in [0.1, 0.15) is 26.7 Å². The van der Waals surface area contributed by atoms with Gasteiger partial charge in [-0.3, -0.25) is 14.4 Å². The van der Waals surface area contributed by atoms with Gasteiger partial charge in [0, 0.05) is 32.5 Å². The molecule has 3 N–H and O–H groups in total. The van der Waals surface area contributed by atoms with E-state index in [1.54, 1.807) is 0 Å². The number of hydrogen-bond donors (Lipinski definition) is 3. The van der Waals surface area contributed by atoms with Crippen molar-refractivity contribution >= 4 is 17.7 Å². The highest BCUT2D eigenvalue weighted by Crippen LogP contribution is 2.08. The first-order valence-corrected chi connectivity index (χ1v) is 6.30. The Morgan fingerprint density at radius 2 is 2.11 bits per heavy atom. The van der Waals surface area contributed by atoms with Crippen molar-refractivity contribution < 1.29 is 14.4 Å². The highest BCUT2D eigenvalue weighted by Gasteiger charge is 2.27. The van der Waals surface area contributed by atoms with Crippen molar-refractivity contribution in [3.05, 3.63) is 0 Å². The van der Waals surface area contributed by atoms with Gasteiger partial charge in [0.25, 0.3) is 0 Å².